The fourth-order valence-corrected chi connectivity index (χ4v) is 0.874. The maximum Gasteiger partial charge on any atom is 0.243 e. The van der Waals surface area contributed by atoms with Gasteiger partial charge in [-0.15, -0.1) is 0 Å². The minimum atomic E-state index is -0.201. The SMILES string of the molecule is C/C=C/C(=O)c1nccnc1OC. The highest BCUT2D eigenvalue weighted by atomic mass is 16.5. The van der Waals surface area contributed by atoms with Crippen molar-refractivity contribution in [2.75, 3.05) is 7.11 Å². The molecule has 0 fully saturated rings. The van der Waals surface area contributed by atoms with Gasteiger partial charge in [0.1, 0.15) is 0 Å². The van der Waals surface area contributed by atoms with Gasteiger partial charge in [0.25, 0.3) is 0 Å². The van der Waals surface area contributed by atoms with Crippen molar-refractivity contribution in [3.05, 3.63) is 30.2 Å². The van der Waals surface area contributed by atoms with Crippen LogP contribution in [0.1, 0.15) is 17.4 Å². The Hall–Kier alpha value is -1.71. The minimum absolute atomic E-state index is 0.201. The van der Waals surface area contributed by atoms with Gasteiger partial charge in [0.15, 0.2) is 5.69 Å². The summed E-state index contributed by atoms with van der Waals surface area (Å²) in [5, 5.41) is 0. The van der Waals surface area contributed by atoms with Crippen molar-refractivity contribution in [3.8, 4) is 5.88 Å². The lowest BCUT2D eigenvalue weighted by atomic mass is 10.2. The molecule has 1 aromatic rings. The van der Waals surface area contributed by atoms with Gasteiger partial charge in [-0.2, -0.15) is 0 Å². The van der Waals surface area contributed by atoms with Gasteiger partial charge in [-0.25, -0.2) is 9.97 Å². The predicted molar refractivity (Wildman–Crippen MR) is 47.7 cm³/mol. The highest BCUT2D eigenvalue weighted by molar-refractivity contribution is 6.04. The molecule has 0 aliphatic heterocycles. The van der Waals surface area contributed by atoms with Crippen molar-refractivity contribution < 1.29 is 9.53 Å². The first kappa shape index (κ1) is 9.38. The number of ketones is 1. The predicted octanol–water partition coefficient (Wildman–Crippen LogP) is 1.24. The van der Waals surface area contributed by atoms with Crippen molar-refractivity contribution in [1.29, 1.82) is 0 Å². The van der Waals surface area contributed by atoms with E-state index in [4.69, 9.17) is 4.74 Å². The normalized spacial score (nSPS) is 10.3. The molecule has 4 heteroatoms. The number of allylic oxidation sites excluding steroid dienone is 2. The van der Waals surface area contributed by atoms with Crippen LogP contribution in [0.2, 0.25) is 0 Å². The Balaban J connectivity index is 3.05. The quantitative estimate of drug-likeness (QED) is 0.516. The van der Waals surface area contributed by atoms with Crippen LogP contribution in [0.4, 0.5) is 0 Å². The van der Waals surface area contributed by atoms with E-state index in [0.29, 0.717) is 0 Å². The molecule has 1 rings (SSSR count). The van der Waals surface area contributed by atoms with Gasteiger partial charge in [-0.3, -0.25) is 4.79 Å². The molecule has 0 amide bonds. The van der Waals surface area contributed by atoms with Crippen molar-refractivity contribution in [3.63, 3.8) is 0 Å². The maximum absolute atomic E-state index is 11.4. The van der Waals surface area contributed by atoms with Crippen LogP contribution in [0.25, 0.3) is 0 Å². The zero-order valence-electron chi connectivity index (χ0n) is 7.52. The molecule has 0 saturated heterocycles. The summed E-state index contributed by atoms with van der Waals surface area (Å²) < 4.78 is 4.88. The van der Waals surface area contributed by atoms with Crippen LogP contribution in [-0.4, -0.2) is 22.9 Å². The van der Waals surface area contributed by atoms with Crippen molar-refractivity contribution >= 4 is 5.78 Å². The van der Waals surface area contributed by atoms with Gasteiger partial charge in [-0.1, -0.05) is 6.08 Å². The zero-order valence-corrected chi connectivity index (χ0v) is 7.52. The van der Waals surface area contributed by atoms with E-state index in [1.54, 1.807) is 13.0 Å². The fourth-order valence-electron chi connectivity index (χ4n) is 0.874. The molecule has 4 nitrogen and oxygen atoms in total. The van der Waals surface area contributed by atoms with E-state index in [-0.39, 0.29) is 17.4 Å². The number of rotatable bonds is 3. The molecule has 1 aromatic heterocycles. The first-order chi connectivity index (χ1) is 6.29. The first-order valence-corrected chi connectivity index (χ1v) is 3.81. The Morgan fingerprint density at radius 3 is 2.77 bits per heavy atom. The molecule has 0 unspecified atom stereocenters. The van der Waals surface area contributed by atoms with Gasteiger partial charge in [-0.05, 0) is 13.0 Å². The molecule has 0 atom stereocenters. The summed E-state index contributed by atoms with van der Waals surface area (Å²) in [5.74, 6) is 0.0538. The lowest BCUT2D eigenvalue weighted by Crippen LogP contribution is -2.03. The third-order valence-electron chi connectivity index (χ3n) is 1.41. The fraction of sp³-hybridized carbons (Fsp3) is 0.222. The summed E-state index contributed by atoms with van der Waals surface area (Å²) in [6.07, 6.45) is 6.01. The molecule has 0 radical (unpaired) electrons. The Labute approximate surface area is 76.3 Å². The molecule has 0 spiro atoms. The molecular formula is C9H10N2O2. The van der Waals surface area contributed by atoms with Gasteiger partial charge in [0.05, 0.1) is 7.11 Å². The average Bonchev–Trinajstić information content (AvgIpc) is 2.18. The molecule has 68 valence electrons. The third kappa shape index (κ3) is 2.11. The van der Waals surface area contributed by atoms with Gasteiger partial charge in [0.2, 0.25) is 11.7 Å². The second kappa shape index (κ2) is 4.35. The average molecular weight is 178 g/mol. The lowest BCUT2D eigenvalue weighted by molar-refractivity contribution is 0.103. The first-order valence-electron chi connectivity index (χ1n) is 3.81. The molecule has 0 aliphatic carbocycles. The smallest absolute Gasteiger partial charge is 0.243 e. The largest absolute Gasteiger partial charge is 0.479 e. The molecule has 1 heterocycles. The molecule has 0 saturated carbocycles. The summed E-state index contributed by atoms with van der Waals surface area (Å²) in [6, 6.07) is 0. The summed E-state index contributed by atoms with van der Waals surface area (Å²) in [6.45, 7) is 1.76. The number of methoxy groups -OCH3 is 1. The number of ether oxygens (including phenoxy) is 1. The zero-order chi connectivity index (χ0) is 9.68. The Bertz CT molecular complexity index is 334. The highest BCUT2D eigenvalue weighted by Gasteiger charge is 2.10. The molecule has 0 N–H and O–H groups in total. The molecule has 13 heavy (non-hydrogen) atoms. The third-order valence-corrected chi connectivity index (χ3v) is 1.41. The monoisotopic (exact) mass is 178 g/mol. The van der Waals surface area contributed by atoms with Gasteiger partial charge < -0.3 is 4.74 Å². The highest BCUT2D eigenvalue weighted by Crippen LogP contribution is 2.11. The van der Waals surface area contributed by atoms with E-state index in [0.717, 1.165) is 0 Å². The number of carbonyl (C=O) groups is 1. The summed E-state index contributed by atoms with van der Waals surface area (Å²) in [4.78, 5) is 19.1. The lowest BCUT2D eigenvalue weighted by Gasteiger charge is -2.01. The van der Waals surface area contributed by atoms with Crippen LogP contribution in [0.3, 0.4) is 0 Å². The number of hydrogen-bond acceptors (Lipinski definition) is 4. The van der Waals surface area contributed by atoms with Crippen molar-refractivity contribution in [1.82, 2.24) is 9.97 Å². The summed E-state index contributed by atoms with van der Waals surface area (Å²) in [5.41, 5.74) is 0.239. The summed E-state index contributed by atoms with van der Waals surface area (Å²) in [7, 11) is 1.45. The van der Waals surface area contributed by atoms with E-state index < -0.39 is 0 Å². The number of hydrogen-bond donors (Lipinski definition) is 0. The van der Waals surface area contributed by atoms with Gasteiger partial charge >= 0.3 is 0 Å². The van der Waals surface area contributed by atoms with E-state index in [9.17, 15) is 4.79 Å². The number of nitrogens with zero attached hydrogens (tertiary/aromatic N) is 2. The van der Waals surface area contributed by atoms with Crippen LogP contribution < -0.4 is 4.74 Å². The minimum Gasteiger partial charge on any atom is -0.479 e. The Morgan fingerprint density at radius 2 is 2.15 bits per heavy atom. The molecular weight excluding hydrogens is 168 g/mol. The Morgan fingerprint density at radius 1 is 1.46 bits per heavy atom. The second-order valence-corrected chi connectivity index (χ2v) is 2.28. The maximum atomic E-state index is 11.4. The number of carbonyl (C=O) groups excluding carboxylic acids is 1. The molecule has 0 bridgehead atoms. The molecule has 0 aliphatic rings. The summed E-state index contributed by atoms with van der Waals surface area (Å²) >= 11 is 0. The van der Waals surface area contributed by atoms with Crippen molar-refractivity contribution in [2.45, 2.75) is 6.92 Å². The van der Waals surface area contributed by atoms with Crippen LogP contribution in [0, 0.1) is 0 Å². The topological polar surface area (TPSA) is 52.1 Å². The van der Waals surface area contributed by atoms with E-state index in [1.807, 2.05) is 0 Å². The second-order valence-electron chi connectivity index (χ2n) is 2.28. The van der Waals surface area contributed by atoms with Crippen LogP contribution in [0.5, 0.6) is 5.88 Å². The van der Waals surface area contributed by atoms with E-state index in [2.05, 4.69) is 9.97 Å². The van der Waals surface area contributed by atoms with Crippen LogP contribution in [0.15, 0.2) is 24.5 Å². The van der Waals surface area contributed by atoms with E-state index in [1.165, 1.54) is 25.6 Å². The van der Waals surface area contributed by atoms with Crippen LogP contribution >= 0.6 is 0 Å². The van der Waals surface area contributed by atoms with Gasteiger partial charge in [0, 0.05) is 12.4 Å². The molecule has 0 aromatic carbocycles. The van der Waals surface area contributed by atoms with Crippen LogP contribution in [-0.2, 0) is 0 Å². The number of aromatic nitrogens is 2. The van der Waals surface area contributed by atoms with E-state index >= 15 is 0 Å². The Kier molecular flexibility index (Phi) is 3.14. The van der Waals surface area contributed by atoms with Crippen molar-refractivity contribution in [2.24, 2.45) is 0 Å². The standard InChI is InChI=1S/C9H10N2O2/c1-3-4-7(12)8-9(13-2)11-6-5-10-8/h3-6H,1-2H3/b4-3+.